The molecule has 4 heteroatoms. The Balaban J connectivity index is 1.83. The largest absolute Gasteiger partial charge is 0.378 e. The molecule has 96 valence electrons. The second-order valence-electron chi connectivity index (χ2n) is 5.84. The average Bonchev–Trinajstić information content (AvgIpc) is 2.88. The zero-order chi connectivity index (χ0) is 11.9. The monoisotopic (exact) mass is 237 g/mol. The lowest BCUT2D eigenvalue weighted by atomic mass is 9.85. The van der Waals surface area contributed by atoms with E-state index in [4.69, 9.17) is 10.5 Å². The standard InChI is InChI=1S/C13H23N3O/c1-10-8-13(6-7-17-10)9-15-12(14)16(13)11-4-2-3-5-11/h10-11H,2-9H2,1H3,(H2,14,15). The Morgan fingerprint density at radius 1 is 1.41 bits per heavy atom. The van der Waals surface area contributed by atoms with Gasteiger partial charge in [0, 0.05) is 12.6 Å². The minimum Gasteiger partial charge on any atom is -0.378 e. The van der Waals surface area contributed by atoms with Crippen LogP contribution in [0.2, 0.25) is 0 Å². The van der Waals surface area contributed by atoms with Gasteiger partial charge in [-0.15, -0.1) is 0 Å². The molecule has 17 heavy (non-hydrogen) atoms. The Morgan fingerprint density at radius 2 is 2.18 bits per heavy atom. The van der Waals surface area contributed by atoms with E-state index < -0.39 is 0 Å². The topological polar surface area (TPSA) is 50.9 Å². The minimum atomic E-state index is 0.177. The predicted molar refractivity (Wildman–Crippen MR) is 68.0 cm³/mol. The van der Waals surface area contributed by atoms with Gasteiger partial charge >= 0.3 is 0 Å². The first-order valence-corrected chi connectivity index (χ1v) is 6.92. The van der Waals surface area contributed by atoms with Crippen LogP contribution >= 0.6 is 0 Å². The molecule has 4 nitrogen and oxygen atoms in total. The van der Waals surface area contributed by atoms with Crippen LogP contribution in [0, 0.1) is 0 Å². The van der Waals surface area contributed by atoms with E-state index >= 15 is 0 Å². The third kappa shape index (κ3) is 1.82. The van der Waals surface area contributed by atoms with Crippen molar-refractivity contribution in [3.63, 3.8) is 0 Å². The molecule has 2 unspecified atom stereocenters. The molecule has 0 aromatic carbocycles. The van der Waals surface area contributed by atoms with Gasteiger partial charge in [0.15, 0.2) is 5.96 Å². The molecular weight excluding hydrogens is 214 g/mol. The van der Waals surface area contributed by atoms with Crippen molar-refractivity contribution in [1.29, 1.82) is 0 Å². The van der Waals surface area contributed by atoms with Gasteiger partial charge in [-0.1, -0.05) is 12.8 Å². The first-order valence-electron chi connectivity index (χ1n) is 6.92. The Labute approximate surface area is 103 Å². The fraction of sp³-hybridized carbons (Fsp3) is 0.923. The first-order chi connectivity index (χ1) is 8.21. The lowest BCUT2D eigenvalue weighted by Gasteiger charge is -2.46. The molecule has 2 heterocycles. The molecule has 2 atom stereocenters. The highest BCUT2D eigenvalue weighted by Gasteiger charge is 2.48. The van der Waals surface area contributed by atoms with Crippen molar-refractivity contribution in [2.45, 2.75) is 63.1 Å². The summed E-state index contributed by atoms with van der Waals surface area (Å²) in [6, 6.07) is 0.631. The van der Waals surface area contributed by atoms with Crippen LogP contribution in [0.3, 0.4) is 0 Å². The van der Waals surface area contributed by atoms with E-state index in [-0.39, 0.29) is 5.54 Å². The highest BCUT2D eigenvalue weighted by Crippen LogP contribution is 2.39. The lowest BCUT2D eigenvalue weighted by Crippen LogP contribution is -2.59. The van der Waals surface area contributed by atoms with Crippen LogP contribution in [-0.4, -0.2) is 41.7 Å². The summed E-state index contributed by atoms with van der Waals surface area (Å²) in [6.45, 7) is 3.90. The minimum absolute atomic E-state index is 0.177. The van der Waals surface area contributed by atoms with Crippen LogP contribution in [0.25, 0.3) is 0 Å². The summed E-state index contributed by atoms with van der Waals surface area (Å²) in [7, 11) is 0. The van der Waals surface area contributed by atoms with Crippen molar-refractivity contribution in [2.24, 2.45) is 10.7 Å². The number of hydrogen-bond donors (Lipinski definition) is 1. The number of nitrogens with two attached hydrogens (primary N) is 1. The molecule has 3 aliphatic rings. The van der Waals surface area contributed by atoms with Gasteiger partial charge in [0.25, 0.3) is 0 Å². The molecule has 0 radical (unpaired) electrons. The highest BCUT2D eigenvalue weighted by atomic mass is 16.5. The molecule has 3 rings (SSSR count). The SMILES string of the molecule is CC1CC2(CCO1)CN=C(N)N2C1CCCC1. The summed E-state index contributed by atoms with van der Waals surface area (Å²) in [5.74, 6) is 0.783. The molecule has 2 N–H and O–H groups in total. The van der Waals surface area contributed by atoms with Crippen molar-refractivity contribution >= 4 is 5.96 Å². The molecule has 0 aromatic heterocycles. The van der Waals surface area contributed by atoms with Crippen LogP contribution in [0.1, 0.15) is 45.4 Å². The number of hydrogen-bond acceptors (Lipinski definition) is 4. The third-order valence-corrected chi connectivity index (χ3v) is 4.62. The average molecular weight is 237 g/mol. The number of guanidine groups is 1. The van der Waals surface area contributed by atoms with E-state index in [0.29, 0.717) is 12.1 Å². The van der Waals surface area contributed by atoms with Crippen LogP contribution < -0.4 is 5.73 Å². The summed E-state index contributed by atoms with van der Waals surface area (Å²) in [5, 5.41) is 0. The zero-order valence-electron chi connectivity index (χ0n) is 10.7. The van der Waals surface area contributed by atoms with Crippen molar-refractivity contribution in [1.82, 2.24) is 4.90 Å². The lowest BCUT2D eigenvalue weighted by molar-refractivity contribution is -0.0463. The predicted octanol–water partition coefficient (Wildman–Crippen LogP) is 1.50. The van der Waals surface area contributed by atoms with Gasteiger partial charge < -0.3 is 15.4 Å². The third-order valence-electron chi connectivity index (χ3n) is 4.62. The van der Waals surface area contributed by atoms with Gasteiger partial charge in [-0.2, -0.15) is 0 Å². The summed E-state index contributed by atoms with van der Waals surface area (Å²) in [6.07, 6.45) is 7.76. The zero-order valence-corrected chi connectivity index (χ0v) is 10.7. The molecule has 2 fully saturated rings. The molecule has 0 amide bonds. The van der Waals surface area contributed by atoms with Crippen molar-refractivity contribution in [2.75, 3.05) is 13.2 Å². The van der Waals surface area contributed by atoms with E-state index in [2.05, 4.69) is 16.8 Å². The van der Waals surface area contributed by atoms with Gasteiger partial charge in [0.1, 0.15) is 0 Å². The van der Waals surface area contributed by atoms with Gasteiger partial charge in [-0.3, -0.25) is 4.99 Å². The van der Waals surface area contributed by atoms with Crippen molar-refractivity contribution in [3.05, 3.63) is 0 Å². The van der Waals surface area contributed by atoms with Crippen molar-refractivity contribution < 1.29 is 4.74 Å². The maximum Gasteiger partial charge on any atom is 0.192 e. The maximum atomic E-state index is 6.14. The fourth-order valence-corrected chi connectivity index (χ4v) is 3.87. The number of ether oxygens (including phenoxy) is 1. The van der Waals surface area contributed by atoms with Gasteiger partial charge in [0.05, 0.1) is 18.2 Å². The van der Waals surface area contributed by atoms with Crippen molar-refractivity contribution in [3.8, 4) is 0 Å². The van der Waals surface area contributed by atoms with Crippen LogP contribution in [-0.2, 0) is 4.74 Å². The molecule has 1 saturated heterocycles. The van der Waals surface area contributed by atoms with E-state index in [1.165, 1.54) is 25.7 Å². The molecule has 1 aliphatic carbocycles. The quantitative estimate of drug-likeness (QED) is 0.752. The molecule has 1 spiro atoms. The molecule has 2 aliphatic heterocycles. The Bertz CT molecular complexity index is 325. The van der Waals surface area contributed by atoms with E-state index in [1.54, 1.807) is 0 Å². The van der Waals surface area contributed by atoms with E-state index in [0.717, 1.165) is 32.0 Å². The summed E-state index contributed by atoms with van der Waals surface area (Å²) in [5.41, 5.74) is 6.32. The number of nitrogens with zero attached hydrogens (tertiary/aromatic N) is 2. The van der Waals surface area contributed by atoms with Crippen LogP contribution in [0.5, 0.6) is 0 Å². The maximum absolute atomic E-state index is 6.14. The highest BCUT2D eigenvalue weighted by molar-refractivity contribution is 5.81. The Kier molecular flexibility index (Phi) is 2.77. The Hall–Kier alpha value is -0.770. The van der Waals surface area contributed by atoms with Crippen LogP contribution in [0.15, 0.2) is 4.99 Å². The summed E-state index contributed by atoms with van der Waals surface area (Å²) < 4.78 is 5.69. The molecule has 0 aromatic rings. The molecule has 1 saturated carbocycles. The van der Waals surface area contributed by atoms with Crippen LogP contribution in [0.4, 0.5) is 0 Å². The first kappa shape index (κ1) is 11.3. The Morgan fingerprint density at radius 3 is 2.88 bits per heavy atom. The summed E-state index contributed by atoms with van der Waals surface area (Å²) >= 11 is 0. The smallest absolute Gasteiger partial charge is 0.192 e. The molecular formula is C13H23N3O. The molecule has 0 bridgehead atoms. The van der Waals surface area contributed by atoms with Gasteiger partial charge in [0.2, 0.25) is 0 Å². The van der Waals surface area contributed by atoms with Gasteiger partial charge in [-0.25, -0.2) is 0 Å². The number of rotatable bonds is 1. The fourth-order valence-electron chi connectivity index (χ4n) is 3.87. The second-order valence-corrected chi connectivity index (χ2v) is 5.84. The van der Waals surface area contributed by atoms with E-state index in [1.807, 2.05) is 0 Å². The second kappa shape index (κ2) is 4.16. The normalized spacial score (nSPS) is 39.0. The van der Waals surface area contributed by atoms with E-state index in [9.17, 15) is 0 Å². The van der Waals surface area contributed by atoms with Gasteiger partial charge in [-0.05, 0) is 32.6 Å². The number of aliphatic imine (C=N–C) groups is 1. The summed E-state index contributed by atoms with van der Waals surface area (Å²) in [4.78, 5) is 7.00.